The molecule has 0 spiro atoms. The number of rotatable bonds is 0. The Labute approximate surface area is 78.7 Å². The Morgan fingerprint density at radius 2 is 1.67 bits per heavy atom. The highest BCUT2D eigenvalue weighted by molar-refractivity contribution is 8.02. The molecule has 0 aliphatic carbocycles. The third-order valence-corrected chi connectivity index (χ3v) is 4.02. The SMILES string of the molecule is CC1(C)NC(C)(C#N)C(C)(C)S1. The summed E-state index contributed by atoms with van der Waals surface area (Å²) in [5.74, 6) is 0. The van der Waals surface area contributed by atoms with E-state index < -0.39 is 5.54 Å². The lowest BCUT2D eigenvalue weighted by Gasteiger charge is -2.29. The van der Waals surface area contributed by atoms with Crippen molar-refractivity contribution in [3.63, 3.8) is 0 Å². The summed E-state index contributed by atoms with van der Waals surface area (Å²) < 4.78 is -0.0226. The first-order chi connectivity index (χ1) is 5.22. The van der Waals surface area contributed by atoms with Crippen LogP contribution in [0.1, 0.15) is 34.6 Å². The Morgan fingerprint density at radius 1 is 1.17 bits per heavy atom. The monoisotopic (exact) mass is 184 g/mol. The minimum Gasteiger partial charge on any atom is -0.284 e. The van der Waals surface area contributed by atoms with E-state index in [-0.39, 0.29) is 9.62 Å². The fraction of sp³-hybridized carbons (Fsp3) is 0.889. The van der Waals surface area contributed by atoms with Gasteiger partial charge < -0.3 is 0 Å². The maximum atomic E-state index is 9.07. The van der Waals surface area contributed by atoms with E-state index in [1.165, 1.54) is 0 Å². The molecule has 0 saturated carbocycles. The summed E-state index contributed by atoms with van der Waals surface area (Å²) in [4.78, 5) is 0.00792. The van der Waals surface area contributed by atoms with E-state index in [1.807, 2.05) is 18.7 Å². The maximum absolute atomic E-state index is 9.07. The van der Waals surface area contributed by atoms with E-state index in [0.29, 0.717) is 0 Å². The second kappa shape index (κ2) is 2.40. The van der Waals surface area contributed by atoms with Crippen molar-refractivity contribution in [3.05, 3.63) is 0 Å². The van der Waals surface area contributed by atoms with Gasteiger partial charge in [-0.15, -0.1) is 11.8 Å². The fourth-order valence-corrected chi connectivity index (χ4v) is 3.51. The number of nitriles is 1. The zero-order valence-corrected chi connectivity index (χ0v) is 9.17. The van der Waals surface area contributed by atoms with Crippen molar-refractivity contribution in [2.75, 3.05) is 0 Å². The topological polar surface area (TPSA) is 35.8 Å². The van der Waals surface area contributed by atoms with Crippen LogP contribution in [0.5, 0.6) is 0 Å². The van der Waals surface area contributed by atoms with Crippen LogP contribution in [-0.2, 0) is 0 Å². The second-order valence-corrected chi connectivity index (χ2v) is 6.73. The van der Waals surface area contributed by atoms with Gasteiger partial charge >= 0.3 is 0 Å². The first-order valence-corrected chi connectivity index (χ1v) is 4.95. The highest BCUT2D eigenvalue weighted by Gasteiger charge is 2.53. The molecule has 1 N–H and O–H groups in total. The molecule has 1 unspecified atom stereocenters. The zero-order valence-electron chi connectivity index (χ0n) is 8.36. The van der Waals surface area contributed by atoms with Gasteiger partial charge in [0.25, 0.3) is 0 Å². The van der Waals surface area contributed by atoms with Gasteiger partial charge in [0.05, 0.1) is 10.9 Å². The number of hydrogen-bond donors (Lipinski definition) is 1. The average Bonchev–Trinajstić information content (AvgIpc) is 1.98. The lowest BCUT2D eigenvalue weighted by Crippen LogP contribution is -2.51. The molecule has 0 amide bonds. The Bertz CT molecular complexity index is 239. The van der Waals surface area contributed by atoms with Gasteiger partial charge in [0.1, 0.15) is 5.54 Å². The molecule has 12 heavy (non-hydrogen) atoms. The minimum atomic E-state index is -0.416. The number of thioether (sulfide) groups is 1. The van der Waals surface area contributed by atoms with Crippen LogP contribution in [0.15, 0.2) is 0 Å². The molecule has 1 atom stereocenters. The van der Waals surface area contributed by atoms with Crippen molar-refractivity contribution in [1.82, 2.24) is 5.32 Å². The normalized spacial score (nSPS) is 37.7. The maximum Gasteiger partial charge on any atom is 0.119 e. The molecular weight excluding hydrogens is 168 g/mol. The summed E-state index contributed by atoms with van der Waals surface area (Å²) in [5.41, 5.74) is -0.416. The molecule has 0 bridgehead atoms. The van der Waals surface area contributed by atoms with E-state index in [2.05, 4.69) is 39.1 Å². The average molecular weight is 184 g/mol. The van der Waals surface area contributed by atoms with Crippen LogP contribution < -0.4 is 5.32 Å². The van der Waals surface area contributed by atoms with Crippen molar-refractivity contribution >= 4 is 11.8 Å². The molecule has 0 aromatic carbocycles. The largest absolute Gasteiger partial charge is 0.284 e. The van der Waals surface area contributed by atoms with Crippen LogP contribution in [0.25, 0.3) is 0 Å². The van der Waals surface area contributed by atoms with E-state index in [4.69, 9.17) is 5.26 Å². The van der Waals surface area contributed by atoms with Crippen molar-refractivity contribution < 1.29 is 0 Å². The lowest BCUT2D eigenvalue weighted by atomic mass is 9.89. The standard InChI is InChI=1S/C9H16N2S/c1-7(2)9(5,6-10)11-8(3,4)12-7/h11H,1-5H3. The fourth-order valence-electron chi connectivity index (χ4n) is 1.68. The molecule has 3 heteroatoms. The number of nitrogens with zero attached hydrogens (tertiary/aromatic N) is 1. The molecule has 1 saturated heterocycles. The van der Waals surface area contributed by atoms with Crippen LogP contribution in [0, 0.1) is 11.3 Å². The number of hydrogen-bond acceptors (Lipinski definition) is 3. The van der Waals surface area contributed by atoms with Crippen LogP contribution in [0.3, 0.4) is 0 Å². The quantitative estimate of drug-likeness (QED) is 0.626. The molecule has 0 radical (unpaired) electrons. The van der Waals surface area contributed by atoms with E-state index in [9.17, 15) is 0 Å². The van der Waals surface area contributed by atoms with Gasteiger partial charge in [0, 0.05) is 4.75 Å². The van der Waals surface area contributed by atoms with Crippen molar-refractivity contribution in [1.29, 1.82) is 5.26 Å². The van der Waals surface area contributed by atoms with E-state index >= 15 is 0 Å². The van der Waals surface area contributed by atoms with Gasteiger partial charge in [0.2, 0.25) is 0 Å². The Balaban J connectivity index is 3.02. The van der Waals surface area contributed by atoms with Gasteiger partial charge in [-0.2, -0.15) is 5.26 Å². The first-order valence-electron chi connectivity index (χ1n) is 4.13. The minimum absolute atomic E-state index is 0.00792. The molecule has 2 nitrogen and oxygen atoms in total. The molecule has 1 rings (SSSR count). The second-order valence-electron chi connectivity index (χ2n) is 4.48. The van der Waals surface area contributed by atoms with Gasteiger partial charge in [-0.3, -0.25) is 5.32 Å². The summed E-state index contributed by atoms with van der Waals surface area (Å²) in [5, 5.41) is 12.4. The first kappa shape index (κ1) is 9.88. The lowest BCUT2D eigenvalue weighted by molar-refractivity contribution is 0.364. The summed E-state index contributed by atoms with van der Waals surface area (Å²) in [6.45, 7) is 10.4. The van der Waals surface area contributed by atoms with Crippen LogP contribution in [-0.4, -0.2) is 15.2 Å². The molecule has 1 heterocycles. The van der Waals surface area contributed by atoms with Gasteiger partial charge in [-0.25, -0.2) is 0 Å². The molecule has 0 aromatic rings. The van der Waals surface area contributed by atoms with Crippen molar-refractivity contribution in [3.8, 4) is 6.07 Å². The summed E-state index contributed by atoms with van der Waals surface area (Å²) in [6.07, 6.45) is 0. The molecular formula is C9H16N2S. The Kier molecular flexibility index (Phi) is 1.97. The molecule has 1 aliphatic rings. The van der Waals surface area contributed by atoms with E-state index in [1.54, 1.807) is 0 Å². The highest BCUT2D eigenvalue weighted by Crippen LogP contribution is 2.49. The predicted octanol–water partition coefficient (Wildman–Crippen LogP) is 2.12. The third-order valence-electron chi connectivity index (χ3n) is 2.49. The summed E-state index contributed by atoms with van der Waals surface area (Å²) in [7, 11) is 0. The Hall–Kier alpha value is -0.200. The third kappa shape index (κ3) is 1.34. The van der Waals surface area contributed by atoms with Crippen LogP contribution in [0.2, 0.25) is 0 Å². The van der Waals surface area contributed by atoms with Crippen LogP contribution >= 0.6 is 11.8 Å². The molecule has 1 aliphatic heterocycles. The zero-order chi connectivity index (χ0) is 9.62. The van der Waals surface area contributed by atoms with Crippen LogP contribution in [0.4, 0.5) is 0 Å². The Morgan fingerprint density at radius 3 is 1.83 bits per heavy atom. The van der Waals surface area contributed by atoms with Crippen molar-refractivity contribution in [2.24, 2.45) is 0 Å². The summed E-state index contributed by atoms with van der Waals surface area (Å²) in [6, 6.07) is 2.35. The van der Waals surface area contributed by atoms with E-state index in [0.717, 1.165) is 0 Å². The van der Waals surface area contributed by atoms with Gasteiger partial charge in [-0.1, -0.05) is 0 Å². The van der Waals surface area contributed by atoms with Crippen molar-refractivity contribution in [2.45, 2.75) is 49.8 Å². The molecule has 1 fully saturated rings. The highest BCUT2D eigenvalue weighted by atomic mass is 32.2. The predicted molar refractivity (Wildman–Crippen MR) is 52.9 cm³/mol. The van der Waals surface area contributed by atoms with Gasteiger partial charge in [0.15, 0.2) is 0 Å². The number of nitrogens with one attached hydrogen (secondary N) is 1. The smallest absolute Gasteiger partial charge is 0.119 e. The molecule has 68 valence electrons. The summed E-state index contributed by atoms with van der Waals surface area (Å²) >= 11 is 1.82. The molecule has 0 aromatic heterocycles. The van der Waals surface area contributed by atoms with Gasteiger partial charge in [-0.05, 0) is 34.6 Å².